The highest BCUT2D eigenvalue weighted by molar-refractivity contribution is 5.71. The highest BCUT2D eigenvalue weighted by atomic mass is 16.5. The molecule has 0 aliphatic heterocycles. The molecule has 1 atom stereocenters. The van der Waals surface area contributed by atoms with Gasteiger partial charge >= 0.3 is 0 Å². The lowest BCUT2D eigenvalue weighted by atomic mass is 10.3. The second-order valence-electron chi connectivity index (χ2n) is 3.34. The summed E-state index contributed by atoms with van der Waals surface area (Å²) < 4.78 is 7.17. The van der Waals surface area contributed by atoms with E-state index >= 15 is 0 Å². The van der Waals surface area contributed by atoms with Gasteiger partial charge in [0.15, 0.2) is 5.65 Å². The van der Waals surface area contributed by atoms with Crippen LogP contribution in [0.3, 0.4) is 0 Å². The van der Waals surface area contributed by atoms with Gasteiger partial charge in [0.2, 0.25) is 0 Å². The molecular formula is C10H14N4O. The van der Waals surface area contributed by atoms with Crippen LogP contribution >= 0.6 is 0 Å². The van der Waals surface area contributed by atoms with E-state index in [2.05, 4.69) is 9.97 Å². The number of hydrogen-bond donors (Lipinski definition) is 1. The minimum atomic E-state index is -0.177. The predicted octanol–water partition coefficient (Wildman–Crippen LogP) is 0.615. The zero-order valence-electron chi connectivity index (χ0n) is 8.84. The zero-order chi connectivity index (χ0) is 10.8. The van der Waals surface area contributed by atoms with E-state index in [-0.39, 0.29) is 6.10 Å². The Morgan fingerprint density at radius 2 is 2.40 bits per heavy atom. The Balaban J connectivity index is 2.57. The van der Waals surface area contributed by atoms with Crippen molar-refractivity contribution in [3.8, 4) is 0 Å². The summed E-state index contributed by atoms with van der Waals surface area (Å²) in [5.74, 6) is 0.814. The number of hydrogen-bond acceptors (Lipinski definition) is 4. The van der Waals surface area contributed by atoms with E-state index in [1.165, 1.54) is 0 Å². The highest BCUT2D eigenvalue weighted by Crippen LogP contribution is 2.18. The molecule has 80 valence electrons. The van der Waals surface area contributed by atoms with Gasteiger partial charge in [-0.15, -0.1) is 0 Å². The molecule has 2 N–H and O–H groups in total. The van der Waals surface area contributed by atoms with Crippen LogP contribution in [0.25, 0.3) is 11.2 Å². The van der Waals surface area contributed by atoms with Gasteiger partial charge in [-0.3, -0.25) is 0 Å². The molecule has 0 fully saturated rings. The van der Waals surface area contributed by atoms with Gasteiger partial charge in [0, 0.05) is 26.9 Å². The lowest BCUT2D eigenvalue weighted by Crippen LogP contribution is -2.18. The van der Waals surface area contributed by atoms with Crippen molar-refractivity contribution in [3.63, 3.8) is 0 Å². The number of pyridine rings is 1. The topological polar surface area (TPSA) is 66.0 Å². The molecule has 2 aromatic rings. The van der Waals surface area contributed by atoms with Crippen LogP contribution in [-0.2, 0) is 11.8 Å². The van der Waals surface area contributed by atoms with Crippen LogP contribution in [0.2, 0.25) is 0 Å². The Labute approximate surface area is 87.9 Å². The first-order valence-electron chi connectivity index (χ1n) is 4.78. The highest BCUT2D eigenvalue weighted by Gasteiger charge is 2.16. The summed E-state index contributed by atoms with van der Waals surface area (Å²) >= 11 is 0. The number of imidazole rings is 1. The van der Waals surface area contributed by atoms with Crippen LogP contribution in [0, 0.1) is 0 Å². The quantitative estimate of drug-likeness (QED) is 0.799. The van der Waals surface area contributed by atoms with E-state index in [9.17, 15) is 0 Å². The molecule has 0 saturated heterocycles. The molecule has 1 unspecified atom stereocenters. The monoisotopic (exact) mass is 206 g/mol. The molecule has 15 heavy (non-hydrogen) atoms. The fourth-order valence-electron chi connectivity index (χ4n) is 1.64. The standard InChI is InChI=1S/C10H14N4O/c1-14-9-7(4-3-5-12-9)13-10(14)8(6-11)15-2/h3-5,8H,6,11H2,1-2H3. The lowest BCUT2D eigenvalue weighted by molar-refractivity contribution is 0.101. The Hall–Kier alpha value is -1.46. The van der Waals surface area contributed by atoms with Gasteiger partial charge in [0.1, 0.15) is 17.4 Å². The number of aromatic nitrogens is 3. The molecule has 0 aliphatic rings. The first-order valence-corrected chi connectivity index (χ1v) is 4.78. The van der Waals surface area contributed by atoms with Crippen molar-refractivity contribution in [2.75, 3.05) is 13.7 Å². The van der Waals surface area contributed by atoms with E-state index < -0.39 is 0 Å². The summed E-state index contributed by atoms with van der Waals surface area (Å²) in [6.45, 7) is 0.410. The minimum absolute atomic E-state index is 0.177. The van der Waals surface area contributed by atoms with Crippen molar-refractivity contribution >= 4 is 11.2 Å². The molecule has 5 heteroatoms. The number of methoxy groups -OCH3 is 1. The molecule has 2 heterocycles. The van der Waals surface area contributed by atoms with E-state index in [1.54, 1.807) is 13.3 Å². The summed E-state index contributed by atoms with van der Waals surface area (Å²) in [4.78, 5) is 8.71. The Bertz CT molecular complexity index is 461. The van der Waals surface area contributed by atoms with Crippen molar-refractivity contribution in [1.29, 1.82) is 0 Å². The summed E-state index contributed by atoms with van der Waals surface area (Å²) in [5.41, 5.74) is 7.32. The van der Waals surface area contributed by atoms with Gasteiger partial charge in [-0.2, -0.15) is 0 Å². The van der Waals surface area contributed by atoms with Crippen LogP contribution in [0.4, 0.5) is 0 Å². The number of aryl methyl sites for hydroxylation is 1. The maximum atomic E-state index is 5.61. The van der Waals surface area contributed by atoms with Crippen LogP contribution in [0.15, 0.2) is 18.3 Å². The lowest BCUT2D eigenvalue weighted by Gasteiger charge is -2.11. The van der Waals surface area contributed by atoms with E-state index in [0.29, 0.717) is 6.54 Å². The molecule has 2 rings (SSSR count). The average Bonchev–Trinajstić information content (AvgIpc) is 2.60. The number of ether oxygens (including phenoxy) is 1. The molecule has 0 saturated carbocycles. The van der Waals surface area contributed by atoms with Gasteiger partial charge in [-0.1, -0.05) is 0 Å². The van der Waals surface area contributed by atoms with E-state index in [4.69, 9.17) is 10.5 Å². The summed E-state index contributed by atoms with van der Waals surface area (Å²) in [5, 5.41) is 0. The third-order valence-electron chi connectivity index (χ3n) is 2.45. The van der Waals surface area contributed by atoms with Crippen LogP contribution in [0.1, 0.15) is 11.9 Å². The van der Waals surface area contributed by atoms with Gasteiger partial charge in [-0.25, -0.2) is 9.97 Å². The maximum absolute atomic E-state index is 5.61. The van der Waals surface area contributed by atoms with Gasteiger partial charge in [-0.05, 0) is 12.1 Å². The molecular weight excluding hydrogens is 192 g/mol. The van der Waals surface area contributed by atoms with Crippen molar-refractivity contribution in [2.45, 2.75) is 6.10 Å². The largest absolute Gasteiger partial charge is 0.372 e. The summed E-state index contributed by atoms with van der Waals surface area (Å²) in [7, 11) is 3.55. The van der Waals surface area contributed by atoms with Gasteiger partial charge in [0.25, 0.3) is 0 Å². The van der Waals surface area contributed by atoms with Crippen molar-refractivity contribution < 1.29 is 4.74 Å². The van der Waals surface area contributed by atoms with Crippen LogP contribution in [0.5, 0.6) is 0 Å². The van der Waals surface area contributed by atoms with Gasteiger partial charge in [0.05, 0.1) is 0 Å². The minimum Gasteiger partial charge on any atom is -0.372 e. The second kappa shape index (κ2) is 3.96. The van der Waals surface area contributed by atoms with E-state index in [1.807, 2.05) is 23.7 Å². The number of nitrogens with two attached hydrogens (primary N) is 1. The summed E-state index contributed by atoms with van der Waals surface area (Å²) in [6, 6.07) is 3.79. The number of rotatable bonds is 3. The van der Waals surface area contributed by atoms with Crippen molar-refractivity contribution in [3.05, 3.63) is 24.2 Å². The van der Waals surface area contributed by atoms with Crippen molar-refractivity contribution in [1.82, 2.24) is 14.5 Å². The maximum Gasteiger partial charge on any atom is 0.159 e. The molecule has 0 radical (unpaired) electrons. The second-order valence-corrected chi connectivity index (χ2v) is 3.34. The average molecular weight is 206 g/mol. The Morgan fingerprint density at radius 1 is 1.60 bits per heavy atom. The molecule has 0 amide bonds. The SMILES string of the molecule is COC(CN)c1nc2cccnc2n1C. The third kappa shape index (κ3) is 1.60. The fourth-order valence-corrected chi connectivity index (χ4v) is 1.64. The number of nitrogens with zero attached hydrogens (tertiary/aromatic N) is 3. The Kier molecular flexibility index (Phi) is 2.66. The first-order chi connectivity index (χ1) is 7.27. The molecule has 0 bridgehead atoms. The molecule has 0 spiro atoms. The normalized spacial score (nSPS) is 13.3. The zero-order valence-corrected chi connectivity index (χ0v) is 8.84. The fraction of sp³-hybridized carbons (Fsp3) is 0.400. The molecule has 2 aromatic heterocycles. The number of fused-ring (bicyclic) bond motifs is 1. The third-order valence-corrected chi connectivity index (χ3v) is 2.45. The predicted molar refractivity (Wildman–Crippen MR) is 57.3 cm³/mol. The van der Waals surface area contributed by atoms with E-state index in [0.717, 1.165) is 17.0 Å². The molecule has 5 nitrogen and oxygen atoms in total. The first kappa shape index (κ1) is 10.1. The Morgan fingerprint density at radius 3 is 3.00 bits per heavy atom. The smallest absolute Gasteiger partial charge is 0.159 e. The van der Waals surface area contributed by atoms with Crippen LogP contribution in [-0.4, -0.2) is 28.2 Å². The summed E-state index contributed by atoms with van der Waals surface area (Å²) in [6.07, 6.45) is 1.57. The van der Waals surface area contributed by atoms with Crippen LogP contribution < -0.4 is 5.73 Å². The molecule has 0 aromatic carbocycles. The van der Waals surface area contributed by atoms with Gasteiger partial charge < -0.3 is 15.0 Å². The van der Waals surface area contributed by atoms with Crippen molar-refractivity contribution in [2.24, 2.45) is 12.8 Å². The molecule has 0 aliphatic carbocycles.